The molecule has 1 N–H and O–H groups in total. The standard InChI is InChI=1S/C20H11ClI2N2O2/c21-13-3-1-11(2-4-13)20-25-17-9-15(5-6-18(17)27-20)24-10-12-7-14(22)8-16(23)19(12)26/h1-10,26H. The molecule has 0 aliphatic rings. The second-order valence-electron chi connectivity index (χ2n) is 5.76. The first kappa shape index (κ1) is 18.7. The number of halogens is 3. The monoisotopic (exact) mass is 600 g/mol. The summed E-state index contributed by atoms with van der Waals surface area (Å²) >= 11 is 10.2. The van der Waals surface area contributed by atoms with Crippen LogP contribution >= 0.6 is 56.8 Å². The minimum absolute atomic E-state index is 0.229. The maximum absolute atomic E-state index is 10.2. The van der Waals surface area contributed by atoms with Gasteiger partial charge in [-0.05, 0) is 99.8 Å². The Bertz CT molecular complexity index is 1170. The number of benzene rings is 3. The Morgan fingerprint density at radius 2 is 1.81 bits per heavy atom. The highest BCUT2D eigenvalue weighted by atomic mass is 127. The summed E-state index contributed by atoms with van der Waals surface area (Å²) in [6.45, 7) is 0. The van der Waals surface area contributed by atoms with Gasteiger partial charge in [0, 0.05) is 25.9 Å². The highest BCUT2D eigenvalue weighted by Crippen LogP contribution is 2.29. The largest absolute Gasteiger partial charge is 0.506 e. The first-order valence-corrected chi connectivity index (χ1v) is 10.4. The Labute approximate surface area is 187 Å². The molecule has 0 fully saturated rings. The second-order valence-corrected chi connectivity index (χ2v) is 8.61. The van der Waals surface area contributed by atoms with E-state index in [9.17, 15) is 5.11 Å². The number of phenolic OH excluding ortho intramolecular Hbond substituents is 1. The van der Waals surface area contributed by atoms with Gasteiger partial charge >= 0.3 is 0 Å². The lowest BCUT2D eigenvalue weighted by Crippen LogP contribution is -1.87. The quantitative estimate of drug-likeness (QED) is 0.208. The van der Waals surface area contributed by atoms with Crippen LogP contribution in [0.4, 0.5) is 5.69 Å². The van der Waals surface area contributed by atoms with Crippen molar-refractivity contribution in [3.05, 3.63) is 72.3 Å². The van der Waals surface area contributed by atoms with E-state index in [1.54, 1.807) is 18.3 Å². The van der Waals surface area contributed by atoms with Crippen LogP contribution < -0.4 is 0 Å². The van der Waals surface area contributed by atoms with Crippen molar-refractivity contribution >= 4 is 79.8 Å². The van der Waals surface area contributed by atoms with Gasteiger partial charge in [-0.3, -0.25) is 4.99 Å². The van der Waals surface area contributed by atoms with Crippen LogP contribution in [-0.4, -0.2) is 16.3 Å². The summed E-state index contributed by atoms with van der Waals surface area (Å²) in [5.41, 5.74) is 3.67. The van der Waals surface area contributed by atoms with Crippen molar-refractivity contribution in [2.45, 2.75) is 0 Å². The van der Waals surface area contributed by atoms with E-state index < -0.39 is 0 Å². The Balaban J connectivity index is 1.67. The molecule has 0 unspecified atom stereocenters. The van der Waals surface area contributed by atoms with Crippen LogP contribution in [-0.2, 0) is 0 Å². The summed E-state index contributed by atoms with van der Waals surface area (Å²) in [4.78, 5) is 9.01. The Morgan fingerprint density at radius 3 is 2.59 bits per heavy atom. The van der Waals surface area contributed by atoms with Crippen molar-refractivity contribution in [3.63, 3.8) is 0 Å². The number of nitrogens with zero attached hydrogens (tertiary/aromatic N) is 2. The molecule has 0 saturated heterocycles. The van der Waals surface area contributed by atoms with Gasteiger partial charge in [0.1, 0.15) is 11.3 Å². The zero-order valence-electron chi connectivity index (χ0n) is 13.7. The number of hydrogen-bond donors (Lipinski definition) is 1. The predicted molar refractivity (Wildman–Crippen MR) is 125 cm³/mol. The molecule has 4 aromatic rings. The van der Waals surface area contributed by atoms with Crippen LogP contribution in [0, 0.1) is 7.14 Å². The molecule has 3 aromatic carbocycles. The molecule has 0 spiro atoms. The third-order valence-corrected chi connectivity index (χ3v) is 5.57. The third kappa shape index (κ3) is 4.12. The average Bonchev–Trinajstić information content (AvgIpc) is 3.07. The van der Waals surface area contributed by atoms with Gasteiger partial charge in [-0.15, -0.1) is 0 Å². The molecular formula is C20H11ClI2N2O2. The molecule has 0 radical (unpaired) electrons. The molecule has 1 aromatic heterocycles. The fourth-order valence-corrected chi connectivity index (χ4v) is 4.56. The Hall–Kier alpha value is -1.65. The normalized spacial score (nSPS) is 11.5. The van der Waals surface area contributed by atoms with Gasteiger partial charge in [0.2, 0.25) is 5.89 Å². The molecule has 134 valence electrons. The molecule has 1 heterocycles. The van der Waals surface area contributed by atoms with Crippen molar-refractivity contribution in [1.29, 1.82) is 0 Å². The predicted octanol–water partition coefficient (Wildman–Crippen LogP) is 6.81. The van der Waals surface area contributed by atoms with Gasteiger partial charge < -0.3 is 9.52 Å². The molecule has 0 aliphatic heterocycles. The van der Waals surface area contributed by atoms with E-state index in [1.165, 1.54) is 0 Å². The number of aliphatic imine (C=N–C) groups is 1. The molecule has 0 atom stereocenters. The minimum atomic E-state index is 0.229. The SMILES string of the molecule is Oc1c(I)cc(I)cc1C=Nc1ccc2oc(-c3ccc(Cl)cc3)nc2c1. The topological polar surface area (TPSA) is 58.6 Å². The van der Waals surface area contributed by atoms with Crippen LogP contribution in [0.3, 0.4) is 0 Å². The summed E-state index contributed by atoms with van der Waals surface area (Å²) in [7, 11) is 0. The summed E-state index contributed by atoms with van der Waals surface area (Å²) in [5, 5.41) is 10.8. The third-order valence-electron chi connectivity index (χ3n) is 3.87. The van der Waals surface area contributed by atoms with E-state index >= 15 is 0 Å². The van der Waals surface area contributed by atoms with E-state index in [1.807, 2.05) is 42.5 Å². The maximum Gasteiger partial charge on any atom is 0.227 e. The number of hydrogen-bond acceptors (Lipinski definition) is 4. The van der Waals surface area contributed by atoms with E-state index in [4.69, 9.17) is 16.0 Å². The molecule has 0 amide bonds. The van der Waals surface area contributed by atoms with Crippen molar-refractivity contribution in [3.8, 4) is 17.2 Å². The highest BCUT2D eigenvalue weighted by Gasteiger charge is 2.09. The smallest absolute Gasteiger partial charge is 0.227 e. The maximum atomic E-state index is 10.2. The van der Waals surface area contributed by atoms with E-state index in [-0.39, 0.29) is 5.75 Å². The number of aromatic nitrogens is 1. The van der Waals surface area contributed by atoms with Crippen LogP contribution in [0.2, 0.25) is 5.02 Å². The molecular weight excluding hydrogens is 589 g/mol. The number of fused-ring (bicyclic) bond motifs is 1. The lowest BCUT2D eigenvalue weighted by molar-refractivity contribution is 0.470. The first-order valence-electron chi connectivity index (χ1n) is 7.88. The van der Waals surface area contributed by atoms with Gasteiger partial charge in [-0.1, -0.05) is 11.6 Å². The van der Waals surface area contributed by atoms with Gasteiger partial charge in [0.15, 0.2) is 5.58 Å². The molecule has 0 aliphatic carbocycles. The molecule has 0 saturated carbocycles. The van der Waals surface area contributed by atoms with Gasteiger partial charge in [-0.25, -0.2) is 4.98 Å². The van der Waals surface area contributed by atoms with Crippen molar-refractivity contribution in [1.82, 2.24) is 4.98 Å². The Kier molecular flexibility index (Phi) is 5.38. The van der Waals surface area contributed by atoms with E-state index in [0.29, 0.717) is 22.1 Å². The summed E-state index contributed by atoms with van der Waals surface area (Å²) < 4.78 is 7.64. The number of oxazole rings is 1. The van der Waals surface area contributed by atoms with Crippen LogP contribution in [0.15, 0.2) is 64.0 Å². The zero-order valence-corrected chi connectivity index (χ0v) is 18.7. The van der Waals surface area contributed by atoms with Crippen LogP contribution in [0.25, 0.3) is 22.6 Å². The Morgan fingerprint density at radius 1 is 1.04 bits per heavy atom. The van der Waals surface area contributed by atoms with E-state index in [2.05, 4.69) is 55.2 Å². The summed E-state index contributed by atoms with van der Waals surface area (Å²) in [6, 6.07) is 16.7. The lowest BCUT2D eigenvalue weighted by Gasteiger charge is -2.02. The zero-order chi connectivity index (χ0) is 19.0. The van der Waals surface area contributed by atoms with Crippen molar-refractivity contribution in [2.24, 2.45) is 4.99 Å². The summed E-state index contributed by atoms with van der Waals surface area (Å²) in [6.07, 6.45) is 1.65. The fourth-order valence-electron chi connectivity index (χ4n) is 2.54. The minimum Gasteiger partial charge on any atom is -0.506 e. The van der Waals surface area contributed by atoms with Gasteiger partial charge in [0.05, 0.1) is 9.26 Å². The molecule has 4 rings (SSSR count). The molecule has 4 nitrogen and oxygen atoms in total. The molecule has 0 bridgehead atoms. The number of aromatic hydroxyl groups is 1. The van der Waals surface area contributed by atoms with Crippen molar-refractivity contribution in [2.75, 3.05) is 0 Å². The average molecular weight is 601 g/mol. The van der Waals surface area contributed by atoms with Crippen LogP contribution in [0.5, 0.6) is 5.75 Å². The van der Waals surface area contributed by atoms with Crippen LogP contribution in [0.1, 0.15) is 5.56 Å². The van der Waals surface area contributed by atoms with Crippen molar-refractivity contribution < 1.29 is 9.52 Å². The number of rotatable bonds is 3. The van der Waals surface area contributed by atoms with E-state index in [0.717, 1.165) is 23.9 Å². The van der Waals surface area contributed by atoms with Gasteiger partial charge in [-0.2, -0.15) is 0 Å². The number of phenols is 1. The second kappa shape index (κ2) is 7.76. The molecule has 7 heteroatoms. The fraction of sp³-hybridized carbons (Fsp3) is 0. The first-order chi connectivity index (χ1) is 13.0. The highest BCUT2D eigenvalue weighted by molar-refractivity contribution is 14.1. The summed E-state index contributed by atoms with van der Waals surface area (Å²) in [5.74, 6) is 0.764. The lowest BCUT2D eigenvalue weighted by atomic mass is 10.2. The molecule has 27 heavy (non-hydrogen) atoms. The van der Waals surface area contributed by atoms with Gasteiger partial charge in [0.25, 0.3) is 0 Å².